The van der Waals surface area contributed by atoms with Gasteiger partial charge in [0.05, 0.1) is 47.3 Å². The number of aromatic hydroxyl groups is 3. The van der Waals surface area contributed by atoms with Gasteiger partial charge in [0.2, 0.25) is 41.6 Å². The molecule has 32 nitrogen and oxygen atoms in total. The lowest BCUT2D eigenvalue weighted by atomic mass is 9.51. The third-order valence-corrected chi connectivity index (χ3v) is 25.8. The van der Waals surface area contributed by atoms with Gasteiger partial charge in [-0.2, -0.15) is 0 Å². The number of halogens is 2. The largest absolute Gasteiger partial charge is 0.508 e. The van der Waals surface area contributed by atoms with Crippen molar-refractivity contribution in [2.24, 2.45) is 53.1 Å². The first-order valence-corrected chi connectivity index (χ1v) is 42.7. The molecule has 1 unspecified atom stereocenters. The minimum absolute atomic E-state index is 0.0293. The third kappa shape index (κ3) is 19.9. The molecule has 660 valence electrons. The second-order valence-corrected chi connectivity index (χ2v) is 35.5. The summed E-state index contributed by atoms with van der Waals surface area (Å²) in [6.45, 7) is 11.9. The number of carbonyl (C=O) groups excluding carboxylic acids is 9. The zero-order valence-corrected chi connectivity index (χ0v) is 70.3. The molecule has 2 saturated heterocycles. The monoisotopic (exact) mass is 1730 g/mol. The molecule has 11 aliphatic rings. The Balaban J connectivity index is 1.01. The van der Waals surface area contributed by atoms with E-state index in [-0.39, 0.29) is 110 Å². The van der Waals surface area contributed by atoms with Gasteiger partial charge in [0.15, 0.2) is 41.2 Å². The van der Waals surface area contributed by atoms with Crippen LogP contribution in [-0.4, -0.2) is 198 Å². The molecular formula is C88H109Cl2N7O25. The van der Waals surface area contributed by atoms with Crippen molar-refractivity contribution in [3.05, 3.63) is 117 Å². The molecule has 0 radical (unpaired) electrons. The van der Waals surface area contributed by atoms with E-state index in [0.717, 1.165) is 68.9 Å². The van der Waals surface area contributed by atoms with Crippen molar-refractivity contribution in [1.82, 2.24) is 31.9 Å². The van der Waals surface area contributed by atoms with Gasteiger partial charge < -0.3 is 111 Å². The Morgan fingerprint density at radius 3 is 1.95 bits per heavy atom. The van der Waals surface area contributed by atoms with Gasteiger partial charge >= 0.3 is 0 Å². The molecule has 5 aromatic carbocycles. The van der Waals surface area contributed by atoms with Crippen molar-refractivity contribution in [1.29, 1.82) is 0 Å². The van der Waals surface area contributed by atoms with Gasteiger partial charge in [-0.15, -0.1) is 0 Å². The summed E-state index contributed by atoms with van der Waals surface area (Å²) in [4.78, 5) is 139. The summed E-state index contributed by atoms with van der Waals surface area (Å²) >= 11 is 14.5. The number of carbonyl (C=O) groups is 9. The first kappa shape index (κ1) is 90.7. The summed E-state index contributed by atoms with van der Waals surface area (Å²) in [5, 5.41) is 123. The SMILES string of the molecule is CCCNCCOC(C)C(=O)NC(=O)C[C@@H]1CC(=O)[C@H](NC(=O)[C@H](CC)CC(C)C)[C@H](O)c2ccc(c(Cl)c2)Oc2cc3cc(c2O[C@@H]2O[C@H](CO)[C@@H](O)[C@H](O)[C@H]2O[C@H]2C[C@](C)(N)[C@H](O)[C@H](C)O2)Oc2ccc(cc2Cl)[C@@H](O)[C@@H]2NC(=O)[C@H](CC(=O)[C@@H]3NC1=O)c1ccc(O)c(c1)-c1c(O)cc(O)cc1[C@@H](C(=O)CC1C3CC4CC(C3)CC1C4)NC2=O. The summed E-state index contributed by atoms with van der Waals surface area (Å²) in [5.74, 6) is -17.1. The number of phenols is 3. The lowest BCUT2D eigenvalue weighted by Gasteiger charge is -2.54. The molecule has 17 N–H and O–H groups in total. The average molecular weight is 1740 g/mol. The molecule has 0 spiro atoms. The van der Waals surface area contributed by atoms with Crippen molar-refractivity contribution in [2.45, 2.75) is 235 Å². The molecule has 7 heterocycles. The number of aliphatic hydroxyl groups is 6. The fraction of sp³-hybridized carbons (Fsp3) is 0.557. The highest BCUT2D eigenvalue weighted by atomic mass is 35.5. The lowest BCUT2D eigenvalue weighted by Crippen LogP contribution is -2.64. The summed E-state index contributed by atoms with van der Waals surface area (Å²) in [5.41, 5.74) is 3.56. The zero-order valence-electron chi connectivity index (χ0n) is 68.8. The summed E-state index contributed by atoms with van der Waals surface area (Å²) in [7, 11) is 0. The molecule has 122 heavy (non-hydrogen) atoms. The Kier molecular flexibility index (Phi) is 28.4. The van der Waals surface area contributed by atoms with Crippen LogP contribution in [0.5, 0.6) is 46.0 Å². The van der Waals surface area contributed by atoms with Crippen LogP contribution in [0.15, 0.2) is 78.9 Å². The van der Waals surface area contributed by atoms with Crippen molar-refractivity contribution in [3.8, 4) is 57.1 Å². The van der Waals surface area contributed by atoms with Gasteiger partial charge in [0.1, 0.15) is 89.5 Å². The van der Waals surface area contributed by atoms with Crippen LogP contribution >= 0.6 is 23.2 Å². The first-order valence-electron chi connectivity index (χ1n) is 41.9. The highest BCUT2D eigenvalue weighted by Crippen LogP contribution is 2.58. The molecule has 0 aromatic heterocycles. The van der Waals surface area contributed by atoms with Crippen LogP contribution in [0.4, 0.5) is 0 Å². The molecule has 7 aliphatic heterocycles. The number of ether oxygens (including phenoxy) is 7. The highest BCUT2D eigenvalue weighted by Gasteiger charge is 2.53. The second-order valence-electron chi connectivity index (χ2n) is 34.7. The van der Waals surface area contributed by atoms with Gasteiger partial charge in [0, 0.05) is 67.3 Å². The number of hydrogen-bond donors (Lipinski definition) is 16. The van der Waals surface area contributed by atoms with E-state index in [4.69, 9.17) is 62.1 Å². The van der Waals surface area contributed by atoms with E-state index in [1.807, 2.05) is 20.8 Å². The van der Waals surface area contributed by atoms with Crippen molar-refractivity contribution < 1.29 is 122 Å². The molecule has 16 rings (SSSR count). The van der Waals surface area contributed by atoms with E-state index in [2.05, 4.69) is 31.9 Å². The van der Waals surface area contributed by atoms with Crippen molar-refractivity contribution in [2.75, 3.05) is 26.3 Å². The van der Waals surface area contributed by atoms with E-state index in [9.17, 15) is 60.3 Å². The second kappa shape index (κ2) is 38.2. The molecule has 6 amide bonds. The number of imide groups is 1. The molecule has 4 aliphatic carbocycles. The zero-order chi connectivity index (χ0) is 87.8. The van der Waals surface area contributed by atoms with Crippen molar-refractivity contribution >= 4 is 76.0 Å². The third-order valence-electron chi connectivity index (χ3n) is 25.2. The topological polar surface area (TPSA) is 499 Å². The quantitative estimate of drug-likeness (QED) is 0.0309. The van der Waals surface area contributed by atoms with Gasteiger partial charge in [-0.1, -0.05) is 69.1 Å². The van der Waals surface area contributed by atoms with Gasteiger partial charge in [-0.05, 0) is 197 Å². The number of ketones is 3. The summed E-state index contributed by atoms with van der Waals surface area (Å²) < 4.78 is 44.9. The van der Waals surface area contributed by atoms with Crippen LogP contribution in [0, 0.1) is 47.3 Å². The number of benzene rings is 5. The smallest absolute Gasteiger partial charge is 0.255 e. The number of nitrogens with one attached hydrogen (secondary N) is 6. The Hall–Kier alpha value is -8.97. The van der Waals surface area contributed by atoms with Crippen LogP contribution in [-0.2, 0) is 62.1 Å². The maximum Gasteiger partial charge on any atom is 0.255 e. The number of amides is 6. The van der Waals surface area contributed by atoms with Crippen LogP contribution < -0.4 is 51.8 Å². The minimum atomic E-state index is -2.24. The predicted octanol–water partition coefficient (Wildman–Crippen LogP) is 7.03. The minimum Gasteiger partial charge on any atom is -0.508 e. The van der Waals surface area contributed by atoms with Crippen LogP contribution in [0.3, 0.4) is 0 Å². The molecule has 15 bridgehead atoms. The van der Waals surface area contributed by atoms with E-state index < -0.39 is 228 Å². The number of Topliss-reactive ketones (excluding diaryl/α,β-unsaturated/α-hetero) is 3. The number of fused-ring (bicyclic) bond motifs is 15. The van der Waals surface area contributed by atoms with Crippen LogP contribution in [0.2, 0.25) is 10.0 Å². The van der Waals surface area contributed by atoms with E-state index >= 15 is 28.8 Å². The van der Waals surface area contributed by atoms with Gasteiger partial charge in [0.25, 0.3) is 5.91 Å². The van der Waals surface area contributed by atoms with E-state index in [0.29, 0.717) is 31.3 Å². The standard InChI is InChI=1S/C88H109Cl2N7O25/c1-8-16-92-17-18-116-40(6)82(111)93-68(105)31-50-28-60(102)73(96-83(112)43(9-2)19-38(3)4)75(106)45-11-14-63(56(89)26-45)118-65-29-49-30-66(79(65)122-87-80(78(109)77(108)67(37-98)120-87)121-69-36-88(7,91)81(110)39(5)117-69)119-64-15-12-46(27-57(64)90)76(107)74-86(115)95-72(62(104)34-52-47-21-41-20-42(23-47)24-48(52)22-41)55-32-51(99)33-59(101)70(55)54-25-44(10-13-58(54)100)53(85(114)97-74)35-61(103)71(49)94-84(50)113/h10-15,25-27,29-30,32-33,38-43,47-48,50,52-53,67,69,71-78,80-81,87,92,98-101,106-110H,8-9,16-24,28,31,34-37,91H2,1-7H3,(H,94,113)(H,95,115)(H,96,112)(H,97,114)(H,93,105,111)/t39-,40?,41?,42?,43+,47?,48?,50-,52?,53+,67+,69-,71+,72-,73-,74-,75+,76+,77+,78-,80+,81+,87-,88-/m0/s1. The molecule has 5 aromatic rings. The molecule has 4 saturated carbocycles. The molecule has 19 atom stereocenters. The fourth-order valence-electron chi connectivity index (χ4n) is 19.0. The lowest BCUT2D eigenvalue weighted by molar-refractivity contribution is -0.333. The molecule has 6 fully saturated rings. The summed E-state index contributed by atoms with van der Waals surface area (Å²) in [6, 6.07) is 7.15. The van der Waals surface area contributed by atoms with Gasteiger partial charge in [-0.3, -0.25) is 48.5 Å². The number of aliphatic hydroxyl groups excluding tert-OH is 6. The summed E-state index contributed by atoms with van der Waals surface area (Å²) in [6.07, 6.45) is -16.0. The first-order chi connectivity index (χ1) is 58.0. The molecule has 34 heteroatoms. The normalized spacial score (nSPS) is 31.3. The molecular weight excluding hydrogens is 1630 g/mol. The Morgan fingerprint density at radius 1 is 0.689 bits per heavy atom. The number of hydrogen-bond acceptors (Lipinski definition) is 27. The van der Waals surface area contributed by atoms with Crippen molar-refractivity contribution in [3.63, 3.8) is 0 Å². The van der Waals surface area contributed by atoms with Crippen LogP contribution in [0.1, 0.15) is 190 Å². The average Bonchev–Trinajstić information content (AvgIpc) is 0.755. The Labute approximate surface area is 714 Å². The van der Waals surface area contributed by atoms with E-state index in [1.165, 1.54) is 69.3 Å². The number of rotatable bonds is 22. The fourth-order valence-corrected chi connectivity index (χ4v) is 19.4. The predicted molar refractivity (Wildman–Crippen MR) is 438 cm³/mol. The van der Waals surface area contributed by atoms with Gasteiger partial charge in [-0.25, -0.2) is 0 Å². The number of phenolic OH excluding ortho intramolecular Hbond substituents is 3. The van der Waals surface area contributed by atoms with E-state index in [1.54, 1.807) is 6.92 Å². The Morgan fingerprint density at radius 2 is 1.34 bits per heavy atom. The maximum absolute atomic E-state index is 16.8. The van der Waals surface area contributed by atoms with Crippen LogP contribution in [0.25, 0.3) is 11.1 Å². The maximum atomic E-state index is 16.8. The highest BCUT2D eigenvalue weighted by molar-refractivity contribution is 6.32. The number of nitrogens with two attached hydrogens (primary N) is 1. The Bertz CT molecular complexity index is 4750.